The van der Waals surface area contributed by atoms with Crippen LogP contribution in [0.15, 0.2) is 41.1 Å². The Balaban J connectivity index is 1.53. The topological polar surface area (TPSA) is 78.4 Å². The zero-order chi connectivity index (χ0) is 16.2. The summed E-state index contributed by atoms with van der Waals surface area (Å²) in [6.45, 7) is 0.152. The van der Waals surface area contributed by atoms with Crippen molar-refractivity contribution in [2.24, 2.45) is 0 Å². The third-order valence-corrected chi connectivity index (χ3v) is 4.41. The molecule has 1 atom stereocenters. The molecule has 0 radical (unpaired) electrons. The van der Waals surface area contributed by atoms with Crippen LogP contribution in [-0.2, 0) is 0 Å². The van der Waals surface area contributed by atoms with Crippen LogP contribution < -0.4 is 10.6 Å². The molecule has 0 aliphatic heterocycles. The van der Waals surface area contributed by atoms with Gasteiger partial charge in [-0.25, -0.2) is 0 Å². The molecule has 1 aliphatic carbocycles. The summed E-state index contributed by atoms with van der Waals surface area (Å²) in [5, 5.41) is 19.3. The first kappa shape index (κ1) is 15.7. The van der Waals surface area contributed by atoms with Crippen LogP contribution >= 0.6 is 11.3 Å². The molecule has 3 rings (SSSR count). The van der Waals surface area contributed by atoms with E-state index in [1.165, 1.54) is 11.3 Å². The maximum absolute atomic E-state index is 12.1. The number of benzene rings is 1. The average Bonchev–Trinajstić information content (AvgIpc) is 3.21. The van der Waals surface area contributed by atoms with E-state index < -0.39 is 6.10 Å². The van der Waals surface area contributed by atoms with Crippen molar-refractivity contribution in [2.75, 3.05) is 6.54 Å². The van der Waals surface area contributed by atoms with Gasteiger partial charge in [0.2, 0.25) is 0 Å². The number of aliphatic hydroxyl groups is 1. The van der Waals surface area contributed by atoms with Gasteiger partial charge in [-0.05, 0) is 59.5 Å². The standard InChI is InChI=1S/C17H18N2O3S/c20-15(13-7-8-23-10-13)9-18-16(21)11-1-3-12(4-2-11)17(22)19-14-5-6-14/h1-4,7-8,10,14-15,20H,5-6,9H2,(H,18,21)(H,19,22). The Morgan fingerprint density at radius 2 is 1.78 bits per heavy atom. The molecule has 2 aromatic rings. The van der Waals surface area contributed by atoms with Gasteiger partial charge in [-0.2, -0.15) is 11.3 Å². The van der Waals surface area contributed by atoms with E-state index in [9.17, 15) is 14.7 Å². The van der Waals surface area contributed by atoms with Gasteiger partial charge in [-0.1, -0.05) is 0 Å². The number of carbonyl (C=O) groups is 2. The predicted octanol–water partition coefficient (Wildman–Crippen LogP) is 2.10. The highest BCUT2D eigenvalue weighted by Crippen LogP contribution is 2.19. The monoisotopic (exact) mass is 330 g/mol. The lowest BCUT2D eigenvalue weighted by Crippen LogP contribution is -2.28. The predicted molar refractivity (Wildman–Crippen MR) is 88.5 cm³/mol. The number of aliphatic hydroxyl groups excluding tert-OH is 1. The summed E-state index contributed by atoms with van der Waals surface area (Å²) in [6.07, 6.45) is 1.37. The highest BCUT2D eigenvalue weighted by Gasteiger charge is 2.23. The molecule has 0 bridgehead atoms. The van der Waals surface area contributed by atoms with Crippen molar-refractivity contribution in [3.63, 3.8) is 0 Å². The molecule has 1 heterocycles. The van der Waals surface area contributed by atoms with Crippen LogP contribution in [0.2, 0.25) is 0 Å². The van der Waals surface area contributed by atoms with Crippen molar-refractivity contribution in [1.29, 1.82) is 0 Å². The first-order valence-corrected chi connectivity index (χ1v) is 8.47. The Kier molecular flexibility index (Phi) is 4.73. The van der Waals surface area contributed by atoms with E-state index in [-0.39, 0.29) is 18.4 Å². The molecule has 120 valence electrons. The Labute approximate surface area is 138 Å². The van der Waals surface area contributed by atoms with Crippen molar-refractivity contribution in [2.45, 2.75) is 25.0 Å². The maximum Gasteiger partial charge on any atom is 0.251 e. The van der Waals surface area contributed by atoms with E-state index in [0.29, 0.717) is 17.2 Å². The number of amides is 2. The molecule has 3 N–H and O–H groups in total. The zero-order valence-corrected chi connectivity index (χ0v) is 13.3. The van der Waals surface area contributed by atoms with Gasteiger partial charge in [0.25, 0.3) is 11.8 Å². The van der Waals surface area contributed by atoms with Crippen LogP contribution in [0.3, 0.4) is 0 Å². The second kappa shape index (κ2) is 6.93. The molecule has 2 amide bonds. The van der Waals surface area contributed by atoms with E-state index in [1.54, 1.807) is 24.3 Å². The fourth-order valence-electron chi connectivity index (χ4n) is 2.14. The van der Waals surface area contributed by atoms with Crippen LogP contribution in [0.4, 0.5) is 0 Å². The van der Waals surface area contributed by atoms with Gasteiger partial charge in [0.05, 0.1) is 6.10 Å². The fourth-order valence-corrected chi connectivity index (χ4v) is 2.85. The van der Waals surface area contributed by atoms with Gasteiger partial charge >= 0.3 is 0 Å². The molecule has 1 unspecified atom stereocenters. The molecule has 1 aromatic carbocycles. The molecular weight excluding hydrogens is 312 g/mol. The number of rotatable bonds is 6. The van der Waals surface area contributed by atoms with Gasteiger partial charge < -0.3 is 15.7 Å². The highest BCUT2D eigenvalue weighted by molar-refractivity contribution is 7.07. The largest absolute Gasteiger partial charge is 0.387 e. The quantitative estimate of drug-likeness (QED) is 0.759. The first-order chi connectivity index (χ1) is 11.1. The first-order valence-electron chi connectivity index (χ1n) is 7.53. The van der Waals surface area contributed by atoms with Crippen molar-refractivity contribution in [3.8, 4) is 0 Å². The van der Waals surface area contributed by atoms with E-state index in [1.807, 2.05) is 16.8 Å². The van der Waals surface area contributed by atoms with Crippen molar-refractivity contribution >= 4 is 23.2 Å². The normalized spacial score (nSPS) is 15.0. The molecule has 0 saturated heterocycles. The smallest absolute Gasteiger partial charge is 0.251 e. The van der Waals surface area contributed by atoms with Gasteiger partial charge in [0.15, 0.2) is 0 Å². The summed E-state index contributed by atoms with van der Waals surface area (Å²) in [6, 6.07) is 8.66. The van der Waals surface area contributed by atoms with E-state index in [4.69, 9.17) is 0 Å². The maximum atomic E-state index is 12.1. The number of carbonyl (C=O) groups excluding carboxylic acids is 2. The molecule has 0 spiro atoms. The van der Waals surface area contributed by atoms with Crippen LogP contribution in [0.5, 0.6) is 0 Å². The second-order valence-corrected chi connectivity index (χ2v) is 6.39. The minimum atomic E-state index is -0.714. The molecule has 1 fully saturated rings. The third kappa shape index (κ3) is 4.18. The molecule has 6 heteroatoms. The Bertz CT molecular complexity index is 678. The lowest BCUT2D eigenvalue weighted by molar-refractivity contribution is 0.0913. The third-order valence-electron chi connectivity index (χ3n) is 3.71. The van der Waals surface area contributed by atoms with Crippen LogP contribution in [0.25, 0.3) is 0 Å². The SMILES string of the molecule is O=C(NCC(O)c1ccsc1)c1ccc(C(=O)NC2CC2)cc1. The fraction of sp³-hybridized carbons (Fsp3) is 0.294. The van der Waals surface area contributed by atoms with E-state index >= 15 is 0 Å². The Morgan fingerprint density at radius 3 is 2.35 bits per heavy atom. The van der Waals surface area contributed by atoms with E-state index in [0.717, 1.165) is 18.4 Å². The van der Waals surface area contributed by atoms with Crippen LogP contribution in [0, 0.1) is 0 Å². The number of nitrogens with one attached hydrogen (secondary N) is 2. The molecule has 1 saturated carbocycles. The lowest BCUT2D eigenvalue weighted by Gasteiger charge is -2.11. The molecule has 23 heavy (non-hydrogen) atoms. The highest BCUT2D eigenvalue weighted by atomic mass is 32.1. The second-order valence-electron chi connectivity index (χ2n) is 5.61. The minimum Gasteiger partial charge on any atom is -0.387 e. The average molecular weight is 330 g/mol. The summed E-state index contributed by atoms with van der Waals surface area (Å²) in [5.74, 6) is -0.374. The summed E-state index contributed by atoms with van der Waals surface area (Å²) in [5.41, 5.74) is 1.81. The summed E-state index contributed by atoms with van der Waals surface area (Å²) in [7, 11) is 0. The number of hydrogen-bond acceptors (Lipinski definition) is 4. The molecule has 5 nitrogen and oxygen atoms in total. The lowest BCUT2D eigenvalue weighted by atomic mass is 10.1. The van der Waals surface area contributed by atoms with E-state index in [2.05, 4.69) is 10.6 Å². The van der Waals surface area contributed by atoms with Crippen molar-refractivity contribution in [1.82, 2.24) is 10.6 Å². The zero-order valence-electron chi connectivity index (χ0n) is 12.5. The van der Waals surface area contributed by atoms with Gasteiger partial charge in [-0.3, -0.25) is 9.59 Å². The van der Waals surface area contributed by atoms with Gasteiger partial charge in [0.1, 0.15) is 0 Å². The van der Waals surface area contributed by atoms with Gasteiger partial charge in [0, 0.05) is 23.7 Å². The summed E-state index contributed by atoms with van der Waals surface area (Å²) < 4.78 is 0. The van der Waals surface area contributed by atoms with Crippen molar-refractivity contribution < 1.29 is 14.7 Å². The van der Waals surface area contributed by atoms with Crippen LogP contribution in [-0.4, -0.2) is 29.5 Å². The van der Waals surface area contributed by atoms with Crippen molar-refractivity contribution in [3.05, 3.63) is 57.8 Å². The Morgan fingerprint density at radius 1 is 1.13 bits per heavy atom. The molecule has 1 aromatic heterocycles. The molecule has 1 aliphatic rings. The molecular formula is C17H18N2O3S. The minimum absolute atomic E-state index is 0.104. The number of hydrogen-bond donors (Lipinski definition) is 3. The Hall–Kier alpha value is -2.18. The summed E-state index contributed by atoms with van der Waals surface area (Å²) in [4.78, 5) is 23.9. The number of thiophene rings is 1. The van der Waals surface area contributed by atoms with Crippen LogP contribution in [0.1, 0.15) is 45.2 Å². The summed E-state index contributed by atoms with van der Waals surface area (Å²) >= 11 is 1.50. The van der Waals surface area contributed by atoms with Gasteiger partial charge in [-0.15, -0.1) is 0 Å².